The van der Waals surface area contributed by atoms with Gasteiger partial charge in [-0.05, 0) is 12.1 Å². The highest BCUT2D eigenvalue weighted by molar-refractivity contribution is 6.31. The Kier molecular flexibility index (Phi) is 2.72. The molecule has 0 saturated heterocycles. The van der Waals surface area contributed by atoms with Gasteiger partial charge in [-0.15, -0.1) is 0 Å². The lowest BCUT2D eigenvalue weighted by atomic mass is 10.0. The zero-order valence-electron chi connectivity index (χ0n) is 9.61. The van der Waals surface area contributed by atoms with Gasteiger partial charge in [-0.1, -0.05) is 23.7 Å². The van der Waals surface area contributed by atoms with E-state index < -0.39 is 5.82 Å². The molecule has 0 amide bonds. The summed E-state index contributed by atoms with van der Waals surface area (Å²) in [6, 6.07) is 6.47. The van der Waals surface area contributed by atoms with Crippen molar-refractivity contribution in [3.8, 4) is 22.5 Å². The number of hydrogen-bond donors (Lipinski definition) is 3. The van der Waals surface area contributed by atoms with Crippen molar-refractivity contribution in [1.82, 2.24) is 20.4 Å². The van der Waals surface area contributed by atoms with Crippen LogP contribution in [0.3, 0.4) is 0 Å². The predicted octanol–water partition coefficient (Wildman–Crippen LogP) is 2.84. The number of halogens is 2. The van der Waals surface area contributed by atoms with E-state index in [1.165, 1.54) is 6.07 Å². The summed E-state index contributed by atoms with van der Waals surface area (Å²) >= 11 is 5.79. The van der Waals surface area contributed by atoms with Gasteiger partial charge in [0.1, 0.15) is 5.82 Å². The summed E-state index contributed by atoms with van der Waals surface area (Å²) in [6.07, 6.45) is 1.59. The molecule has 3 rings (SSSR count). The summed E-state index contributed by atoms with van der Waals surface area (Å²) in [5.41, 5.74) is 7.80. The number of H-pyrrole nitrogens is 2. The van der Waals surface area contributed by atoms with Crippen LogP contribution < -0.4 is 5.73 Å². The fourth-order valence-electron chi connectivity index (χ4n) is 1.92. The number of nitrogen functional groups attached to an aromatic ring is 1. The number of anilines is 1. The second-order valence-corrected chi connectivity index (χ2v) is 4.34. The van der Waals surface area contributed by atoms with Crippen molar-refractivity contribution in [1.29, 1.82) is 0 Å². The Balaban J connectivity index is 2.26. The highest BCUT2D eigenvalue weighted by atomic mass is 35.5. The molecule has 2 aromatic heterocycles. The van der Waals surface area contributed by atoms with Crippen molar-refractivity contribution in [2.45, 2.75) is 0 Å². The van der Waals surface area contributed by atoms with E-state index in [9.17, 15) is 4.39 Å². The van der Waals surface area contributed by atoms with Gasteiger partial charge in [0, 0.05) is 11.8 Å². The van der Waals surface area contributed by atoms with E-state index in [4.69, 9.17) is 17.3 Å². The largest absolute Gasteiger partial charge is 0.382 e. The molecule has 0 aliphatic carbocycles. The first kappa shape index (κ1) is 11.7. The number of aromatic amines is 2. The van der Waals surface area contributed by atoms with Crippen LogP contribution in [0.25, 0.3) is 22.5 Å². The molecule has 0 spiro atoms. The Morgan fingerprint density at radius 3 is 2.79 bits per heavy atom. The zero-order valence-corrected chi connectivity index (χ0v) is 10.4. The van der Waals surface area contributed by atoms with Crippen molar-refractivity contribution in [2.24, 2.45) is 0 Å². The average Bonchev–Trinajstić information content (AvgIpc) is 3.02. The molecule has 96 valence electrons. The lowest BCUT2D eigenvalue weighted by molar-refractivity contribution is 0.632. The monoisotopic (exact) mass is 277 g/mol. The second kappa shape index (κ2) is 4.40. The molecule has 0 atom stereocenters. The first-order valence-corrected chi connectivity index (χ1v) is 5.84. The number of nitrogens with zero attached hydrogens (tertiary/aromatic N) is 2. The van der Waals surface area contributed by atoms with Gasteiger partial charge in [-0.25, -0.2) is 4.39 Å². The zero-order chi connectivity index (χ0) is 13.4. The van der Waals surface area contributed by atoms with E-state index in [0.717, 1.165) is 0 Å². The summed E-state index contributed by atoms with van der Waals surface area (Å²) in [7, 11) is 0. The van der Waals surface area contributed by atoms with Crippen molar-refractivity contribution in [3.05, 3.63) is 41.3 Å². The van der Waals surface area contributed by atoms with Gasteiger partial charge in [0.25, 0.3) is 0 Å². The minimum Gasteiger partial charge on any atom is -0.382 e. The molecule has 0 unspecified atom stereocenters. The van der Waals surface area contributed by atoms with Gasteiger partial charge in [0.2, 0.25) is 0 Å². The standard InChI is InChI=1S/C12H9ClFN5/c13-7-3-1-2-6(10(7)14)9-11(18-19-12(9)15)8-4-5-16-17-8/h1-5H,(H,16,17)(H3,15,18,19). The summed E-state index contributed by atoms with van der Waals surface area (Å²) in [4.78, 5) is 0. The Morgan fingerprint density at radius 1 is 1.21 bits per heavy atom. The number of rotatable bonds is 2. The van der Waals surface area contributed by atoms with E-state index in [2.05, 4.69) is 20.4 Å². The third-order valence-electron chi connectivity index (χ3n) is 2.79. The normalized spacial score (nSPS) is 10.8. The molecule has 19 heavy (non-hydrogen) atoms. The maximum Gasteiger partial charge on any atom is 0.153 e. The molecule has 2 heterocycles. The van der Waals surface area contributed by atoms with Crippen molar-refractivity contribution in [2.75, 3.05) is 5.73 Å². The number of nitrogens with two attached hydrogens (primary N) is 1. The topological polar surface area (TPSA) is 83.4 Å². The second-order valence-electron chi connectivity index (χ2n) is 3.93. The third kappa shape index (κ3) is 1.86. The maximum atomic E-state index is 14.1. The lowest BCUT2D eigenvalue weighted by Crippen LogP contribution is -1.92. The summed E-state index contributed by atoms with van der Waals surface area (Å²) < 4.78 is 14.1. The van der Waals surface area contributed by atoms with Crippen LogP contribution in [-0.2, 0) is 0 Å². The first-order valence-electron chi connectivity index (χ1n) is 5.46. The molecule has 1 aromatic carbocycles. The molecule has 7 heteroatoms. The highest BCUT2D eigenvalue weighted by Gasteiger charge is 2.19. The fourth-order valence-corrected chi connectivity index (χ4v) is 2.09. The van der Waals surface area contributed by atoms with E-state index >= 15 is 0 Å². The molecular weight excluding hydrogens is 269 g/mol. The molecule has 3 aromatic rings. The number of hydrogen-bond acceptors (Lipinski definition) is 3. The minimum absolute atomic E-state index is 0.0358. The lowest BCUT2D eigenvalue weighted by Gasteiger charge is -2.05. The molecular formula is C12H9ClFN5. The summed E-state index contributed by atoms with van der Waals surface area (Å²) in [5.74, 6) is -0.330. The summed E-state index contributed by atoms with van der Waals surface area (Å²) in [6.45, 7) is 0. The molecule has 5 nitrogen and oxygen atoms in total. The number of nitrogens with one attached hydrogen (secondary N) is 2. The maximum absolute atomic E-state index is 14.1. The van der Waals surface area contributed by atoms with Crippen LogP contribution in [0.2, 0.25) is 5.02 Å². The molecule has 0 bridgehead atoms. The van der Waals surface area contributed by atoms with Crippen LogP contribution >= 0.6 is 11.6 Å². The Hall–Kier alpha value is -2.34. The van der Waals surface area contributed by atoms with E-state index in [0.29, 0.717) is 22.5 Å². The van der Waals surface area contributed by atoms with Gasteiger partial charge in [0.15, 0.2) is 5.82 Å². The molecule has 4 N–H and O–H groups in total. The van der Waals surface area contributed by atoms with Crippen molar-refractivity contribution < 1.29 is 4.39 Å². The van der Waals surface area contributed by atoms with E-state index in [-0.39, 0.29) is 10.8 Å². The van der Waals surface area contributed by atoms with E-state index in [1.807, 2.05) is 0 Å². The van der Waals surface area contributed by atoms with E-state index in [1.54, 1.807) is 24.4 Å². The van der Waals surface area contributed by atoms with Crippen LogP contribution in [0, 0.1) is 5.82 Å². The van der Waals surface area contributed by atoms with Gasteiger partial charge >= 0.3 is 0 Å². The third-order valence-corrected chi connectivity index (χ3v) is 3.08. The Bertz CT molecular complexity index is 720. The number of benzene rings is 1. The first-order chi connectivity index (χ1) is 9.18. The Labute approximate surface area is 112 Å². The Morgan fingerprint density at radius 2 is 2.05 bits per heavy atom. The molecule has 0 aliphatic heterocycles. The predicted molar refractivity (Wildman–Crippen MR) is 71.0 cm³/mol. The SMILES string of the molecule is Nc1n[nH]c(-c2ccn[nH]2)c1-c1cccc(Cl)c1F. The minimum atomic E-state index is -0.530. The quantitative estimate of drug-likeness (QED) is 0.673. The highest BCUT2D eigenvalue weighted by Crippen LogP contribution is 2.36. The van der Waals surface area contributed by atoms with Crippen LogP contribution in [0.4, 0.5) is 10.2 Å². The van der Waals surface area contributed by atoms with Crippen LogP contribution in [0.1, 0.15) is 0 Å². The number of aromatic nitrogens is 4. The van der Waals surface area contributed by atoms with Crippen LogP contribution in [-0.4, -0.2) is 20.4 Å². The van der Waals surface area contributed by atoms with Crippen molar-refractivity contribution in [3.63, 3.8) is 0 Å². The van der Waals surface area contributed by atoms with Gasteiger partial charge in [-0.2, -0.15) is 10.2 Å². The molecule has 0 fully saturated rings. The molecule has 0 aliphatic rings. The summed E-state index contributed by atoms with van der Waals surface area (Å²) in [5, 5.41) is 13.3. The van der Waals surface area contributed by atoms with Crippen LogP contribution in [0.15, 0.2) is 30.5 Å². The van der Waals surface area contributed by atoms with Gasteiger partial charge < -0.3 is 5.73 Å². The van der Waals surface area contributed by atoms with Gasteiger partial charge in [0.05, 0.1) is 22.0 Å². The molecule has 0 saturated carbocycles. The smallest absolute Gasteiger partial charge is 0.153 e. The average molecular weight is 278 g/mol. The van der Waals surface area contributed by atoms with Crippen molar-refractivity contribution >= 4 is 17.4 Å². The van der Waals surface area contributed by atoms with Gasteiger partial charge in [-0.3, -0.25) is 10.2 Å². The molecule has 0 radical (unpaired) electrons. The van der Waals surface area contributed by atoms with Crippen LogP contribution in [0.5, 0.6) is 0 Å². The fraction of sp³-hybridized carbons (Fsp3) is 0.